The zero-order chi connectivity index (χ0) is 13.1. The molecule has 5 heteroatoms. The minimum absolute atomic E-state index is 0.0127. The van der Waals surface area contributed by atoms with Crippen LogP contribution in [0.3, 0.4) is 0 Å². The first kappa shape index (κ1) is 12.7. The molecule has 3 N–H and O–H groups in total. The first-order chi connectivity index (χ1) is 8.67. The van der Waals surface area contributed by atoms with Crippen LogP contribution in [0.25, 0.3) is 0 Å². The molecule has 0 radical (unpaired) electrons. The van der Waals surface area contributed by atoms with E-state index >= 15 is 0 Å². The van der Waals surface area contributed by atoms with E-state index in [1.807, 2.05) is 16.8 Å². The van der Waals surface area contributed by atoms with Gasteiger partial charge in [-0.2, -0.15) is 11.3 Å². The molecule has 0 fully saturated rings. The SMILES string of the molecule is COc1cc([C@H](N)c2ccsc2)cc(OC)c1O. The number of hydrogen-bond donors (Lipinski definition) is 2. The molecule has 0 aliphatic heterocycles. The van der Waals surface area contributed by atoms with Gasteiger partial charge in [-0.05, 0) is 40.1 Å². The van der Waals surface area contributed by atoms with Crippen LogP contribution in [0.1, 0.15) is 17.2 Å². The third kappa shape index (κ3) is 2.27. The maximum absolute atomic E-state index is 9.84. The summed E-state index contributed by atoms with van der Waals surface area (Å²) in [7, 11) is 2.99. The molecule has 0 unspecified atom stereocenters. The van der Waals surface area contributed by atoms with Crippen molar-refractivity contribution in [3.63, 3.8) is 0 Å². The van der Waals surface area contributed by atoms with Gasteiger partial charge in [0.2, 0.25) is 5.75 Å². The molecule has 96 valence electrons. The Bertz CT molecular complexity index is 500. The fourth-order valence-electron chi connectivity index (χ4n) is 1.74. The molecule has 2 aromatic rings. The first-order valence-electron chi connectivity index (χ1n) is 5.40. The van der Waals surface area contributed by atoms with Gasteiger partial charge in [0.1, 0.15) is 0 Å². The van der Waals surface area contributed by atoms with Crippen LogP contribution in [0, 0.1) is 0 Å². The topological polar surface area (TPSA) is 64.7 Å². The van der Waals surface area contributed by atoms with Crippen LogP contribution in [0.15, 0.2) is 29.0 Å². The molecule has 0 aliphatic rings. The quantitative estimate of drug-likeness (QED) is 0.891. The minimum atomic E-state index is -0.264. The van der Waals surface area contributed by atoms with Crippen molar-refractivity contribution in [2.75, 3.05) is 14.2 Å². The smallest absolute Gasteiger partial charge is 0.200 e. The highest BCUT2D eigenvalue weighted by atomic mass is 32.1. The normalized spacial score (nSPS) is 12.2. The molecule has 1 aromatic carbocycles. The van der Waals surface area contributed by atoms with Gasteiger partial charge in [0.15, 0.2) is 11.5 Å². The highest BCUT2D eigenvalue weighted by molar-refractivity contribution is 7.08. The summed E-state index contributed by atoms with van der Waals surface area (Å²) in [5, 5.41) is 13.8. The number of hydrogen-bond acceptors (Lipinski definition) is 5. The molecule has 1 aromatic heterocycles. The number of phenols is 1. The van der Waals surface area contributed by atoms with Gasteiger partial charge in [0, 0.05) is 0 Å². The van der Waals surface area contributed by atoms with Gasteiger partial charge in [-0.1, -0.05) is 0 Å². The van der Waals surface area contributed by atoms with Gasteiger partial charge in [-0.15, -0.1) is 0 Å². The lowest BCUT2D eigenvalue weighted by atomic mass is 10.0. The third-order valence-corrected chi connectivity index (χ3v) is 3.47. The number of nitrogens with two attached hydrogens (primary N) is 1. The monoisotopic (exact) mass is 265 g/mol. The van der Waals surface area contributed by atoms with E-state index in [4.69, 9.17) is 15.2 Å². The molecule has 0 saturated carbocycles. The van der Waals surface area contributed by atoms with Gasteiger partial charge in [-0.3, -0.25) is 0 Å². The summed E-state index contributed by atoms with van der Waals surface area (Å²) in [6.45, 7) is 0. The number of rotatable bonds is 4. The predicted octanol–water partition coefficient (Wildman–Crippen LogP) is 2.52. The number of phenolic OH excluding ortho intramolecular Hbond substituents is 1. The van der Waals surface area contributed by atoms with Gasteiger partial charge < -0.3 is 20.3 Å². The maximum Gasteiger partial charge on any atom is 0.200 e. The van der Waals surface area contributed by atoms with Gasteiger partial charge in [0.25, 0.3) is 0 Å². The number of benzene rings is 1. The molecule has 1 atom stereocenters. The van der Waals surface area contributed by atoms with Crippen LogP contribution >= 0.6 is 11.3 Å². The highest BCUT2D eigenvalue weighted by Gasteiger charge is 2.16. The van der Waals surface area contributed by atoms with Crippen molar-refractivity contribution in [2.24, 2.45) is 5.73 Å². The summed E-state index contributed by atoms with van der Waals surface area (Å²) in [5.74, 6) is 0.700. The first-order valence-corrected chi connectivity index (χ1v) is 6.34. The molecule has 0 bridgehead atoms. The van der Waals surface area contributed by atoms with Crippen LogP contribution in [-0.2, 0) is 0 Å². The lowest BCUT2D eigenvalue weighted by Gasteiger charge is -2.15. The summed E-state index contributed by atoms with van der Waals surface area (Å²) in [6.07, 6.45) is 0. The second kappa shape index (κ2) is 5.29. The van der Waals surface area contributed by atoms with E-state index in [1.165, 1.54) is 14.2 Å². The molecular formula is C13H15NO3S. The standard InChI is InChI=1S/C13H15NO3S/c1-16-10-5-9(6-11(17-2)13(10)15)12(14)8-3-4-18-7-8/h3-7,12,15H,14H2,1-2H3/t12-/m1/s1. The number of ether oxygens (including phenoxy) is 2. The average Bonchev–Trinajstić information content (AvgIpc) is 2.92. The summed E-state index contributed by atoms with van der Waals surface area (Å²) in [5.41, 5.74) is 8.03. The molecule has 0 saturated heterocycles. The van der Waals surface area contributed by atoms with Crippen molar-refractivity contribution in [3.8, 4) is 17.2 Å². The molecule has 1 heterocycles. The molecular weight excluding hydrogens is 250 g/mol. The zero-order valence-electron chi connectivity index (χ0n) is 10.2. The van der Waals surface area contributed by atoms with E-state index in [0.29, 0.717) is 11.5 Å². The second-order valence-electron chi connectivity index (χ2n) is 3.81. The molecule has 0 amide bonds. The van der Waals surface area contributed by atoms with Crippen molar-refractivity contribution in [2.45, 2.75) is 6.04 Å². The Morgan fingerprint density at radius 3 is 2.22 bits per heavy atom. The summed E-state index contributed by atoms with van der Waals surface area (Å²) in [4.78, 5) is 0. The van der Waals surface area contributed by atoms with Crippen LogP contribution in [0.5, 0.6) is 17.2 Å². The van der Waals surface area contributed by atoms with E-state index < -0.39 is 0 Å². The van der Waals surface area contributed by atoms with Gasteiger partial charge in [0.05, 0.1) is 20.3 Å². The summed E-state index contributed by atoms with van der Waals surface area (Å²) >= 11 is 1.59. The van der Waals surface area contributed by atoms with Gasteiger partial charge >= 0.3 is 0 Å². The highest BCUT2D eigenvalue weighted by Crippen LogP contribution is 2.39. The van der Waals surface area contributed by atoms with Crippen LogP contribution in [-0.4, -0.2) is 19.3 Å². The van der Waals surface area contributed by atoms with Crippen LogP contribution in [0.2, 0.25) is 0 Å². The van der Waals surface area contributed by atoms with Crippen molar-refractivity contribution in [3.05, 3.63) is 40.1 Å². The molecule has 0 spiro atoms. The number of methoxy groups -OCH3 is 2. The van der Waals surface area contributed by atoms with Crippen LogP contribution in [0.4, 0.5) is 0 Å². The van der Waals surface area contributed by atoms with Crippen molar-refractivity contribution in [1.29, 1.82) is 0 Å². The lowest BCUT2D eigenvalue weighted by Crippen LogP contribution is -2.11. The fourth-order valence-corrected chi connectivity index (χ4v) is 2.43. The third-order valence-electron chi connectivity index (χ3n) is 2.76. The fraction of sp³-hybridized carbons (Fsp3) is 0.231. The average molecular weight is 265 g/mol. The Balaban J connectivity index is 2.45. The van der Waals surface area contributed by atoms with E-state index in [-0.39, 0.29) is 11.8 Å². The van der Waals surface area contributed by atoms with Crippen molar-refractivity contribution >= 4 is 11.3 Å². The molecule has 2 rings (SSSR count). The van der Waals surface area contributed by atoms with Crippen LogP contribution < -0.4 is 15.2 Å². The van der Waals surface area contributed by atoms with Gasteiger partial charge in [-0.25, -0.2) is 0 Å². The van der Waals surface area contributed by atoms with E-state index in [1.54, 1.807) is 23.5 Å². The Kier molecular flexibility index (Phi) is 3.74. The number of thiophene rings is 1. The maximum atomic E-state index is 9.84. The Labute approximate surface area is 110 Å². The predicted molar refractivity (Wildman–Crippen MR) is 71.6 cm³/mol. The number of aromatic hydroxyl groups is 1. The Hall–Kier alpha value is -1.72. The van der Waals surface area contributed by atoms with E-state index in [2.05, 4.69) is 0 Å². The van der Waals surface area contributed by atoms with Crippen molar-refractivity contribution < 1.29 is 14.6 Å². The van der Waals surface area contributed by atoms with E-state index in [0.717, 1.165) is 11.1 Å². The lowest BCUT2D eigenvalue weighted by molar-refractivity contribution is 0.339. The summed E-state index contributed by atoms with van der Waals surface area (Å²) < 4.78 is 10.2. The van der Waals surface area contributed by atoms with Crippen molar-refractivity contribution in [1.82, 2.24) is 0 Å². The zero-order valence-corrected chi connectivity index (χ0v) is 11.0. The largest absolute Gasteiger partial charge is 0.502 e. The van der Waals surface area contributed by atoms with E-state index in [9.17, 15) is 5.11 Å². The summed E-state index contributed by atoms with van der Waals surface area (Å²) in [6, 6.07) is 5.15. The second-order valence-corrected chi connectivity index (χ2v) is 4.59. The molecule has 4 nitrogen and oxygen atoms in total. The molecule has 0 aliphatic carbocycles. The minimum Gasteiger partial charge on any atom is -0.502 e. The Morgan fingerprint density at radius 2 is 1.78 bits per heavy atom. The Morgan fingerprint density at radius 1 is 1.17 bits per heavy atom. The molecule has 18 heavy (non-hydrogen) atoms.